The predicted molar refractivity (Wildman–Crippen MR) is 98.8 cm³/mol. The minimum absolute atomic E-state index is 0.0104. The Labute approximate surface area is 176 Å². The largest absolute Gasteiger partial charge is 0.479 e. The molecule has 30 heavy (non-hydrogen) atoms. The van der Waals surface area contributed by atoms with Crippen LogP contribution >= 0.6 is 23.6 Å². The Morgan fingerprint density at radius 1 is 1.23 bits per heavy atom. The Bertz CT molecular complexity index is 918. The van der Waals surface area contributed by atoms with E-state index in [1.807, 2.05) is 0 Å². The molecule has 1 aliphatic heterocycles. The molecular formula is C17H14ClF6N3O2S. The molecule has 1 fully saturated rings. The smallest absolute Gasteiger partial charge is 0.415 e. The van der Waals surface area contributed by atoms with Crippen molar-refractivity contribution >= 4 is 35.6 Å². The standard InChI is InChI=1S/C17H14ClF6N3O2S/c18-11-3-4-14(29-30-17(22,23)24)13(6-11)26-5-1-2-12(8-26)27-15(16(19,20)21)10(9-28)7-25-27/h3-4,6-7,9,12H,1-2,5,8H2. The fraction of sp³-hybridized carbons (Fsp3) is 0.412. The molecule has 2 heterocycles. The first-order chi connectivity index (χ1) is 14.0. The maximum absolute atomic E-state index is 13.5. The highest BCUT2D eigenvalue weighted by Crippen LogP contribution is 2.41. The number of nitrogens with zero attached hydrogens (tertiary/aromatic N) is 3. The van der Waals surface area contributed by atoms with E-state index in [-0.39, 0.29) is 29.3 Å². The van der Waals surface area contributed by atoms with Crippen LogP contribution in [0.15, 0.2) is 24.4 Å². The Morgan fingerprint density at radius 2 is 1.97 bits per heavy atom. The van der Waals surface area contributed by atoms with Crippen molar-refractivity contribution in [3.8, 4) is 5.75 Å². The van der Waals surface area contributed by atoms with E-state index in [1.54, 1.807) is 4.90 Å². The molecule has 0 N–H and O–H groups in total. The van der Waals surface area contributed by atoms with Gasteiger partial charge in [-0.25, -0.2) is 0 Å². The van der Waals surface area contributed by atoms with Gasteiger partial charge in [0.1, 0.15) is 0 Å². The van der Waals surface area contributed by atoms with Gasteiger partial charge in [0.15, 0.2) is 29.8 Å². The molecule has 164 valence electrons. The van der Waals surface area contributed by atoms with Crippen molar-refractivity contribution in [1.29, 1.82) is 0 Å². The SMILES string of the molecule is O=Cc1cnn(C2CCCN(c3cc(Cl)ccc3OSC(F)(F)F)C2)c1C(F)(F)F. The van der Waals surface area contributed by atoms with Crippen LogP contribution in [0.25, 0.3) is 0 Å². The Hall–Kier alpha value is -2.08. The van der Waals surface area contributed by atoms with Crippen LogP contribution in [-0.4, -0.2) is 34.7 Å². The zero-order chi connectivity index (χ0) is 22.1. The summed E-state index contributed by atoms with van der Waals surface area (Å²) in [6.07, 6.45) is -3.07. The maximum Gasteiger partial charge on any atom is 0.479 e. The first-order valence-electron chi connectivity index (χ1n) is 8.56. The Morgan fingerprint density at radius 3 is 2.60 bits per heavy atom. The third-order valence-corrected chi connectivity index (χ3v) is 5.14. The van der Waals surface area contributed by atoms with Gasteiger partial charge in [-0.2, -0.15) is 31.4 Å². The zero-order valence-corrected chi connectivity index (χ0v) is 16.6. The number of hydrogen-bond acceptors (Lipinski definition) is 5. The van der Waals surface area contributed by atoms with Crippen molar-refractivity contribution < 1.29 is 35.3 Å². The molecule has 0 spiro atoms. The molecular weight excluding hydrogens is 460 g/mol. The molecule has 1 saturated heterocycles. The van der Waals surface area contributed by atoms with Crippen LogP contribution in [0, 0.1) is 0 Å². The summed E-state index contributed by atoms with van der Waals surface area (Å²) in [5.41, 5.74) is -6.14. The second kappa shape index (κ2) is 8.58. The Kier molecular flexibility index (Phi) is 6.46. The van der Waals surface area contributed by atoms with Crippen LogP contribution in [0.4, 0.5) is 32.0 Å². The number of aldehydes is 1. The highest BCUT2D eigenvalue weighted by Gasteiger charge is 2.40. The number of carbonyl (C=O) groups excluding carboxylic acids is 1. The van der Waals surface area contributed by atoms with Gasteiger partial charge in [-0.05, 0) is 31.0 Å². The summed E-state index contributed by atoms with van der Waals surface area (Å²) in [5.74, 6) is -0.118. The monoisotopic (exact) mass is 473 g/mol. The maximum atomic E-state index is 13.5. The van der Waals surface area contributed by atoms with Crippen LogP contribution in [0.5, 0.6) is 5.75 Å². The lowest BCUT2D eigenvalue weighted by Crippen LogP contribution is -2.38. The van der Waals surface area contributed by atoms with Gasteiger partial charge in [0.05, 0.1) is 23.5 Å². The quantitative estimate of drug-likeness (QED) is 0.314. The van der Waals surface area contributed by atoms with E-state index in [2.05, 4.69) is 5.10 Å². The van der Waals surface area contributed by atoms with E-state index in [4.69, 9.17) is 15.8 Å². The van der Waals surface area contributed by atoms with Crippen LogP contribution in [0.3, 0.4) is 0 Å². The molecule has 5 nitrogen and oxygen atoms in total. The van der Waals surface area contributed by atoms with Crippen LogP contribution in [0.1, 0.15) is 34.9 Å². The van der Waals surface area contributed by atoms with Gasteiger partial charge in [0, 0.05) is 18.1 Å². The molecule has 1 aliphatic rings. The summed E-state index contributed by atoms with van der Waals surface area (Å²) >= 11 is 5.28. The molecule has 1 unspecified atom stereocenters. The number of alkyl halides is 6. The number of halogens is 7. The number of rotatable bonds is 5. The second-order valence-corrected chi connectivity index (χ2v) is 7.71. The number of hydrogen-bond donors (Lipinski definition) is 0. The highest BCUT2D eigenvalue weighted by molar-refractivity contribution is 7.95. The van der Waals surface area contributed by atoms with E-state index in [9.17, 15) is 31.1 Å². The molecule has 0 saturated carbocycles. The molecule has 1 aromatic heterocycles. The fourth-order valence-electron chi connectivity index (χ4n) is 3.31. The fourth-order valence-corrected chi connectivity index (χ4v) is 3.80. The van der Waals surface area contributed by atoms with Crippen LogP contribution in [-0.2, 0) is 6.18 Å². The van der Waals surface area contributed by atoms with Crippen molar-refractivity contribution in [2.75, 3.05) is 18.0 Å². The van der Waals surface area contributed by atoms with Crippen LogP contribution in [0.2, 0.25) is 5.02 Å². The lowest BCUT2D eigenvalue weighted by atomic mass is 10.0. The van der Waals surface area contributed by atoms with Gasteiger partial charge in [0.25, 0.3) is 0 Å². The van der Waals surface area contributed by atoms with Gasteiger partial charge in [-0.3, -0.25) is 9.48 Å². The van der Waals surface area contributed by atoms with Gasteiger partial charge in [0.2, 0.25) is 0 Å². The minimum Gasteiger partial charge on any atom is -0.415 e. The van der Waals surface area contributed by atoms with E-state index in [0.717, 1.165) is 10.9 Å². The van der Waals surface area contributed by atoms with E-state index < -0.39 is 41.0 Å². The summed E-state index contributed by atoms with van der Waals surface area (Å²) in [5, 5.41) is 3.97. The van der Waals surface area contributed by atoms with Gasteiger partial charge < -0.3 is 9.08 Å². The molecule has 13 heteroatoms. The predicted octanol–water partition coefficient (Wildman–Crippen LogP) is 5.76. The number of anilines is 1. The number of benzene rings is 1. The summed E-state index contributed by atoms with van der Waals surface area (Å²) < 4.78 is 83.5. The topological polar surface area (TPSA) is 47.4 Å². The number of carbonyl (C=O) groups is 1. The molecule has 1 aromatic carbocycles. The van der Waals surface area contributed by atoms with Gasteiger partial charge >= 0.3 is 11.7 Å². The minimum atomic E-state index is -4.79. The summed E-state index contributed by atoms with van der Waals surface area (Å²) in [7, 11) is 0. The number of aromatic nitrogens is 2. The van der Waals surface area contributed by atoms with E-state index in [1.165, 1.54) is 18.2 Å². The summed E-state index contributed by atoms with van der Waals surface area (Å²) in [6.45, 7) is 0.378. The molecule has 1 atom stereocenters. The van der Waals surface area contributed by atoms with Crippen molar-refractivity contribution in [2.45, 2.75) is 30.6 Å². The van der Waals surface area contributed by atoms with Crippen molar-refractivity contribution in [1.82, 2.24) is 9.78 Å². The van der Waals surface area contributed by atoms with Crippen LogP contribution < -0.4 is 9.08 Å². The number of piperidine rings is 1. The lowest BCUT2D eigenvalue weighted by Gasteiger charge is -2.36. The summed E-state index contributed by atoms with van der Waals surface area (Å²) in [4.78, 5) is 12.6. The van der Waals surface area contributed by atoms with E-state index in [0.29, 0.717) is 19.4 Å². The van der Waals surface area contributed by atoms with Gasteiger partial charge in [-0.1, -0.05) is 11.6 Å². The molecule has 0 aliphatic carbocycles. The summed E-state index contributed by atoms with van der Waals surface area (Å²) in [6, 6.07) is 3.25. The third-order valence-electron chi connectivity index (χ3n) is 4.45. The highest BCUT2D eigenvalue weighted by atomic mass is 35.5. The van der Waals surface area contributed by atoms with Crippen molar-refractivity contribution in [3.63, 3.8) is 0 Å². The first kappa shape index (κ1) is 22.6. The lowest BCUT2D eigenvalue weighted by molar-refractivity contribution is -0.145. The Balaban J connectivity index is 1.90. The molecule has 0 amide bonds. The van der Waals surface area contributed by atoms with Crippen molar-refractivity contribution in [3.05, 3.63) is 40.7 Å². The molecule has 0 radical (unpaired) electrons. The first-order valence-corrected chi connectivity index (χ1v) is 9.68. The second-order valence-electron chi connectivity index (χ2n) is 6.48. The average molecular weight is 474 g/mol. The normalized spacial score (nSPS) is 17.8. The zero-order valence-electron chi connectivity index (χ0n) is 15.0. The van der Waals surface area contributed by atoms with E-state index >= 15 is 0 Å². The molecule has 2 aromatic rings. The molecule has 3 rings (SSSR count). The average Bonchev–Trinajstić information content (AvgIpc) is 3.11. The molecule has 0 bridgehead atoms. The third kappa shape index (κ3) is 5.15. The van der Waals surface area contributed by atoms with Crippen molar-refractivity contribution in [2.24, 2.45) is 0 Å². The van der Waals surface area contributed by atoms with Gasteiger partial charge in [-0.15, -0.1) is 0 Å².